The molecular formula is C51H37N5O4S. The summed E-state index contributed by atoms with van der Waals surface area (Å²) in [5.41, 5.74) is 14.5. The summed E-state index contributed by atoms with van der Waals surface area (Å²) in [4.78, 5) is 31.8. The Kier molecular flexibility index (Phi) is 9.59. The maximum atomic E-state index is 12.9. The molecule has 0 unspecified atom stereocenters. The molecule has 296 valence electrons. The highest BCUT2D eigenvalue weighted by atomic mass is 32.1. The van der Waals surface area contributed by atoms with E-state index in [9.17, 15) is 9.90 Å². The quantitative estimate of drug-likeness (QED) is 0.121. The molecule has 0 saturated heterocycles. The number of rotatable bonds is 8. The zero-order valence-corrected chi connectivity index (χ0v) is 33.9. The maximum Gasteiger partial charge on any atom is 0.265 e. The number of phenols is 1. The molecule has 4 aromatic carbocycles. The molecule has 2 aliphatic heterocycles. The fourth-order valence-corrected chi connectivity index (χ4v) is 8.50. The van der Waals surface area contributed by atoms with Gasteiger partial charge in [0, 0.05) is 50.0 Å². The molecule has 8 bridgehead atoms. The summed E-state index contributed by atoms with van der Waals surface area (Å²) in [6.07, 6.45) is 8.19. The minimum atomic E-state index is -0.149. The number of carbonyl (C=O) groups is 1. The third-order valence-corrected chi connectivity index (χ3v) is 11.7. The number of carbonyl (C=O) groups excluding carboxylic acids is 1. The van der Waals surface area contributed by atoms with Crippen molar-refractivity contribution in [2.75, 3.05) is 19.5 Å². The van der Waals surface area contributed by atoms with E-state index >= 15 is 0 Å². The molecule has 0 atom stereocenters. The van der Waals surface area contributed by atoms with E-state index in [1.54, 1.807) is 26.4 Å². The molecule has 9 nitrogen and oxygen atoms in total. The van der Waals surface area contributed by atoms with E-state index in [0.717, 1.165) is 101 Å². The Bertz CT molecular complexity index is 3140. The number of nitrogens with one attached hydrogen (secondary N) is 3. The predicted molar refractivity (Wildman–Crippen MR) is 248 cm³/mol. The number of aromatic amines is 2. The van der Waals surface area contributed by atoms with Gasteiger partial charge in [0.1, 0.15) is 17.2 Å². The Morgan fingerprint density at radius 1 is 0.525 bits per heavy atom. The van der Waals surface area contributed by atoms with Crippen LogP contribution in [0.2, 0.25) is 0 Å². The Morgan fingerprint density at radius 3 is 1.26 bits per heavy atom. The summed E-state index contributed by atoms with van der Waals surface area (Å²) in [6, 6.07) is 43.0. The summed E-state index contributed by atoms with van der Waals surface area (Å²) >= 11 is 1.40. The van der Waals surface area contributed by atoms with Gasteiger partial charge in [-0.3, -0.25) is 4.79 Å². The van der Waals surface area contributed by atoms with Crippen molar-refractivity contribution in [3.63, 3.8) is 0 Å². The molecule has 6 heterocycles. The second-order valence-corrected chi connectivity index (χ2v) is 15.5. The van der Waals surface area contributed by atoms with Gasteiger partial charge in [0.05, 0.1) is 41.9 Å². The van der Waals surface area contributed by atoms with Crippen LogP contribution in [0.15, 0.2) is 139 Å². The zero-order chi connectivity index (χ0) is 41.5. The van der Waals surface area contributed by atoms with Crippen molar-refractivity contribution in [2.24, 2.45) is 0 Å². The number of phenolic OH excluding ortho intramolecular Hbond substituents is 1. The molecule has 2 aliphatic rings. The number of H-pyrrole nitrogens is 2. The van der Waals surface area contributed by atoms with Crippen LogP contribution in [-0.2, 0) is 0 Å². The van der Waals surface area contributed by atoms with Crippen LogP contribution in [0.4, 0.5) is 5.69 Å². The van der Waals surface area contributed by atoms with E-state index in [1.165, 1.54) is 11.3 Å². The van der Waals surface area contributed by atoms with Gasteiger partial charge in [0.2, 0.25) is 0 Å². The second kappa shape index (κ2) is 15.7. The van der Waals surface area contributed by atoms with Crippen molar-refractivity contribution < 1.29 is 19.4 Å². The van der Waals surface area contributed by atoms with E-state index in [2.05, 4.69) is 51.7 Å². The van der Waals surface area contributed by atoms with Gasteiger partial charge in [-0.25, -0.2) is 9.97 Å². The Balaban J connectivity index is 1.28. The summed E-state index contributed by atoms with van der Waals surface area (Å²) in [6.45, 7) is 0. The molecule has 8 aromatic rings. The monoisotopic (exact) mass is 815 g/mol. The molecule has 4 N–H and O–H groups in total. The number of aromatic hydroxyl groups is 1. The molecule has 4 aromatic heterocycles. The number of anilines is 1. The minimum Gasteiger partial charge on any atom is -0.508 e. The molecular weight excluding hydrogens is 779 g/mol. The molecule has 10 rings (SSSR count). The summed E-state index contributed by atoms with van der Waals surface area (Å²) < 4.78 is 11.1. The lowest BCUT2D eigenvalue weighted by Gasteiger charge is -2.09. The molecule has 0 saturated carbocycles. The van der Waals surface area contributed by atoms with Gasteiger partial charge in [0.15, 0.2) is 0 Å². The topological polar surface area (TPSA) is 125 Å². The number of ether oxygens (including phenoxy) is 2. The van der Waals surface area contributed by atoms with Gasteiger partial charge < -0.3 is 29.9 Å². The summed E-state index contributed by atoms with van der Waals surface area (Å²) in [5, 5.41) is 15.2. The van der Waals surface area contributed by atoms with Gasteiger partial charge in [0.25, 0.3) is 5.91 Å². The van der Waals surface area contributed by atoms with Crippen LogP contribution in [0.1, 0.15) is 32.4 Å². The summed E-state index contributed by atoms with van der Waals surface area (Å²) in [7, 11) is 3.32. The second-order valence-electron chi connectivity index (χ2n) is 14.5. The first kappa shape index (κ1) is 37.3. The number of hydrogen-bond acceptors (Lipinski definition) is 7. The smallest absolute Gasteiger partial charge is 0.265 e. The SMILES string of the molecule is COc1ccc(-c2c3nc(c(-c4ccc(NC(=O)c5cccs5)cc4)c4ccc([nH]4)c(-c4ccc(OC)cc4)c4nc(c(-c5ccc(O)cc5)c5ccc2[nH]5)C=C4)C=C3)cc1. The molecule has 0 fully saturated rings. The van der Waals surface area contributed by atoms with Crippen molar-refractivity contribution in [2.45, 2.75) is 0 Å². The van der Waals surface area contributed by atoms with Crippen LogP contribution in [0, 0.1) is 0 Å². The van der Waals surface area contributed by atoms with Crippen LogP contribution in [-0.4, -0.2) is 45.2 Å². The summed E-state index contributed by atoms with van der Waals surface area (Å²) in [5.74, 6) is 1.53. The fourth-order valence-electron chi connectivity index (χ4n) is 7.88. The molecule has 10 heteroatoms. The highest BCUT2D eigenvalue weighted by Gasteiger charge is 2.19. The van der Waals surface area contributed by atoms with Crippen LogP contribution in [0.3, 0.4) is 0 Å². The number of amides is 1. The first-order chi connectivity index (χ1) is 29.9. The maximum absolute atomic E-state index is 12.9. The molecule has 61 heavy (non-hydrogen) atoms. The third-order valence-electron chi connectivity index (χ3n) is 10.8. The van der Waals surface area contributed by atoms with Crippen LogP contribution >= 0.6 is 11.3 Å². The average Bonchev–Trinajstić information content (AvgIpc) is 4.16. The highest BCUT2D eigenvalue weighted by molar-refractivity contribution is 7.12. The number of nitrogens with zero attached hydrogens (tertiary/aromatic N) is 2. The largest absolute Gasteiger partial charge is 0.508 e. The van der Waals surface area contributed by atoms with E-state index in [-0.39, 0.29) is 11.7 Å². The number of aromatic nitrogens is 4. The van der Waals surface area contributed by atoms with E-state index in [0.29, 0.717) is 10.6 Å². The van der Waals surface area contributed by atoms with Gasteiger partial charge >= 0.3 is 0 Å². The lowest BCUT2D eigenvalue weighted by Crippen LogP contribution is -2.09. The van der Waals surface area contributed by atoms with Gasteiger partial charge in [-0.05, 0) is 131 Å². The van der Waals surface area contributed by atoms with Gasteiger partial charge in [-0.1, -0.05) is 54.6 Å². The number of methoxy groups -OCH3 is 2. The lowest BCUT2D eigenvalue weighted by molar-refractivity contribution is 0.103. The lowest BCUT2D eigenvalue weighted by atomic mass is 10.0. The first-order valence-electron chi connectivity index (χ1n) is 19.6. The van der Waals surface area contributed by atoms with Crippen molar-refractivity contribution in [3.05, 3.63) is 166 Å². The fraction of sp³-hybridized carbons (Fsp3) is 0.0392. The van der Waals surface area contributed by atoms with Crippen LogP contribution in [0.25, 0.3) is 90.9 Å². The average molecular weight is 816 g/mol. The number of benzene rings is 4. The van der Waals surface area contributed by atoms with Crippen molar-refractivity contribution in [3.8, 4) is 61.8 Å². The third kappa shape index (κ3) is 7.15. The highest BCUT2D eigenvalue weighted by Crippen LogP contribution is 2.39. The predicted octanol–water partition coefficient (Wildman–Crippen LogP) is 12.4. The zero-order valence-electron chi connectivity index (χ0n) is 33.1. The Labute approximate surface area is 355 Å². The van der Waals surface area contributed by atoms with Gasteiger partial charge in [-0.15, -0.1) is 11.3 Å². The van der Waals surface area contributed by atoms with Crippen molar-refractivity contribution in [1.82, 2.24) is 19.9 Å². The van der Waals surface area contributed by atoms with E-state index < -0.39 is 0 Å². The normalized spacial score (nSPS) is 11.8. The van der Waals surface area contributed by atoms with Gasteiger partial charge in [-0.2, -0.15) is 0 Å². The number of fused-ring (bicyclic) bond motifs is 8. The van der Waals surface area contributed by atoms with Crippen molar-refractivity contribution >= 4 is 69.3 Å². The first-order valence-corrected chi connectivity index (χ1v) is 20.5. The molecule has 0 radical (unpaired) electrons. The van der Waals surface area contributed by atoms with Crippen molar-refractivity contribution in [1.29, 1.82) is 0 Å². The molecule has 1 amide bonds. The van der Waals surface area contributed by atoms with Crippen LogP contribution < -0.4 is 14.8 Å². The molecule has 0 aliphatic carbocycles. The van der Waals surface area contributed by atoms with E-state index in [1.807, 2.05) is 115 Å². The van der Waals surface area contributed by atoms with Crippen LogP contribution in [0.5, 0.6) is 17.2 Å². The Hall–Kier alpha value is -7.95. The number of hydrogen-bond donors (Lipinski definition) is 4. The number of thiophene rings is 1. The molecule has 0 spiro atoms. The van der Waals surface area contributed by atoms with E-state index in [4.69, 9.17) is 19.4 Å². The minimum absolute atomic E-state index is 0.149. The Morgan fingerprint density at radius 2 is 0.902 bits per heavy atom. The standard InChI is InChI=1S/C51H37N5O4S/c1-59-36-17-9-32(10-18-36)49-42-25-21-38(53-42)47(30-5-13-34(14-6-30)52-51(58)46-4-3-29-61-46)39-22-26-43(54-39)50(33-11-19-37(60-2)20-12-33)45-28-24-41(56-45)48(40-23-27-44(49)55-40)31-7-15-35(57)16-8-31/h3-29,53,56-57H,1-2H3,(H,52,58).